The van der Waals surface area contributed by atoms with Gasteiger partial charge in [0.25, 0.3) is 0 Å². The Balaban J connectivity index is 0.000000193. The molecule has 3 aliphatic heterocycles. The molecule has 4 aromatic rings. The molecule has 15 nitrogen and oxygen atoms in total. The summed E-state index contributed by atoms with van der Waals surface area (Å²) in [6.45, 7) is 7.42. The van der Waals surface area contributed by atoms with E-state index in [-0.39, 0.29) is 46.9 Å². The number of aromatic nitrogens is 2. The summed E-state index contributed by atoms with van der Waals surface area (Å²) in [7, 11) is -6.02. The molecule has 2 aromatic carbocycles. The maximum Gasteiger partial charge on any atom is 0.247 e. The van der Waals surface area contributed by atoms with Crippen molar-refractivity contribution in [1.82, 2.24) is 15.6 Å². The number of aryl methyl sites for hydroxylation is 4. The van der Waals surface area contributed by atoms with Gasteiger partial charge < -0.3 is 36.0 Å². The van der Waals surface area contributed by atoms with E-state index in [1.54, 1.807) is 0 Å². The normalized spacial score (nSPS) is 21.7. The zero-order valence-electron chi connectivity index (χ0n) is 30.8. The van der Waals surface area contributed by atoms with Crippen LogP contribution < -0.4 is 27.0 Å². The summed E-state index contributed by atoms with van der Waals surface area (Å²) in [5.74, 6) is 1.68. The molecule has 0 aliphatic carbocycles. The van der Waals surface area contributed by atoms with Gasteiger partial charge in [0.2, 0.25) is 11.8 Å². The Morgan fingerprint density at radius 1 is 0.759 bits per heavy atom. The predicted octanol–water partition coefficient (Wildman–Crippen LogP) is 4.69. The Morgan fingerprint density at radius 2 is 1.28 bits per heavy atom. The molecule has 7 rings (SSSR count). The van der Waals surface area contributed by atoms with Crippen LogP contribution in [0.3, 0.4) is 0 Å². The van der Waals surface area contributed by atoms with E-state index >= 15 is 0 Å². The maximum absolute atomic E-state index is 12.8. The third-order valence-electron chi connectivity index (χ3n) is 9.93. The van der Waals surface area contributed by atoms with E-state index in [4.69, 9.17) is 14.8 Å². The summed E-state index contributed by atoms with van der Waals surface area (Å²) in [4.78, 5) is 24.3. The van der Waals surface area contributed by atoms with Crippen molar-refractivity contribution in [1.29, 1.82) is 0 Å². The SMILES string of the molecule is Cc1noc(C)c1-c1ccc(NC2CCCS(=O)(=O)C2)c(N)c1.Cc1noc(C)c1-c1ccc(NC2CCCS(=O)(=O)C2)c(NC(=O)[C@@H]2CCC(=O)N2)c1. The summed E-state index contributed by atoms with van der Waals surface area (Å²) in [6.07, 6.45) is 3.63. The van der Waals surface area contributed by atoms with E-state index in [1.165, 1.54) is 0 Å². The highest BCUT2D eigenvalue weighted by Crippen LogP contribution is 2.35. The number of nitrogens with one attached hydrogen (secondary N) is 4. The number of carbonyl (C=O) groups is 2. The Labute approximate surface area is 315 Å². The highest BCUT2D eigenvalue weighted by molar-refractivity contribution is 7.91. The summed E-state index contributed by atoms with van der Waals surface area (Å²) < 4.78 is 58.0. The second kappa shape index (κ2) is 15.8. The molecule has 3 fully saturated rings. The average Bonchev–Trinajstić information content (AvgIpc) is 3.79. The van der Waals surface area contributed by atoms with Crippen LogP contribution in [-0.4, -0.2) is 80.1 Å². The number of nitrogens with zero attached hydrogens (tertiary/aromatic N) is 2. The summed E-state index contributed by atoms with van der Waals surface area (Å²) in [6, 6.07) is 10.3. The van der Waals surface area contributed by atoms with E-state index in [2.05, 4.69) is 31.6 Å². The minimum Gasteiger partial charge on any atom is -0.397 e. The van der Waals surface area contributed by atoms with Crippen LogP contribution in [0.15, 0.2) is 45.4 Å². The van der Waals surface area contributed by atoms with Crippen LogP contribution in [0, 0.1) is 27.7 Å². The molecule has 5 heterocycles. The minimum atomic E-state index is -3.08. The fraction of sp³-hybridized carbons (Fsp3) is 0.459. The molecule has 0 radical (unpaired) electrons. The fourth-order valence-corrected chi connectivity index (χ4v) is 10.6. The van der Waals surface area contributed by atoms with E-state index in [1.807, 2.05) is 64.1 Å². The predicted molar refractivity (Wildman–Crippen MR) is 208 cm³/mol. The zero-order valence-corrected chi connectivity index (χ0v) is 32.5. The highest BCUT2D eigenvalue weighted by atomic mass is 32.2. The lowest BCUT2D eigenvalue weighted by Gasteiger charge is -2.26. The number of benzene rings is 2. The van der Waals surface area contributed by atoms with Crippen LogP contribution in [0.2, 0.25) is 0 Å². The number of nitrogens with two attached hydrogens (primary N) is 1. The number of rotatable bonds is 8. The second-order valence-corrected chi connectivity index (χ2v) is 18.8. The van der Waals surface area contributed by atoms with E-state index in [9.17, 15) is 26.4 Å². The largest absolute Gasteiger partial charge is 0.397 e. The zero-order chi connectivity index (χ0) is 38.8. The van der Waals surface area contributed by atoms with Gasteiger partial charge in [0, 0.05) is 29.6 Å². The molecule has 2 amide bonds. The number of hydrogen-bond acceptors (Lipinski definition) is 13. The van der Waals surface area contributed by atoms with Crippen LogP contribution in [-0.2, 0) is 29.3 Å². The van der Waals surface area contributed by atoms with Crippen molar-refractivity contribution in [2.45, 2.75) is 84.3 Å². The minimum absolute atomic E-state index is 0.0602. The van der Waals surface area contributed by atoms with Crippen molar-refractivity contribution < 1.29 is 35.5 Å². The number of nitrogen functional groups attached to an aromatic ring is 1. The van der Waals surface area contributed by atoms with Gasteiger partial charge in [0.05, 0.1) is 57.1 Å². The number of amides is 2. The smallest absolute Gasteiger partial charge is 0.247 e. The van der Waals surface area contributed by atoms with Crippen molar-refractivity contribution in [2.75, 3.05) is 44.7 Å². The molecule has 3 atom stereocenters. The lowest BCUT2D eigenvalue weighted by molar-refractivity contribution is -0.122. The molecular weight excluding hydrogens is 735 g/mol. The number of hydrogen-bond donors (Lipinski definition) is 5. The monoisotopic (exact) mass is 781 g/mol. The molecule has 17 heteroatoms. The Hall–Kier alpha value is -4.90. The van der Waals surface area contributed by atoms with Gasteiger partial charge in [-0.05, 0) is 95.2 Å². The molecule has 3 saturated heterocycles. The van der Waals surface area contributed by atoms with Gasteiger partial charge in [-0.15, -0.1) is 0 Å². The molecule has 54 heavy (non-hydrogen) atoms. The van der Waals surface area contributed by atoms with Crippen molar-refractivity contribution in [2.24, 2.45) is 0 Å². The van der Waals surface area contributed by atoms with Crippen molar-refractivity contribution in [3.63, 3.8) is 0 Å². The first-order valence-electron chi connectivity index (χ1n) is 18.0. The molecule has 3 aliphatic rings. The molecule has 290 valence electrons. The lowest BCUT2D eigenvalue weighted by Crippen LogP contribution is -2.38. The third kappa shape index (κ3) is 9.24. The molecule has 0 bridgehead atoms. The Bertz CT molecular complexity index is 2230. The van der Waals surface area contributed by atoms with Gasteiger partial charge in [-0.25, -0.2) is 16.8 Å². The Kier molecular flexibility index (Phi) is 11.4. The molecule has 0 spiro atoms. The number of anilines is 4. The van der Waals surface area contributed by atoms with Gasteiger partial charge in [-0.3, -0.25) is 9.59 Å². The molecule has 0 saturated carbocycles. The molecule has 6 N–H and O–H groups in total. The first kappa shape index (κ1) is 38.8. The van der Waals surface area contributed by atoms with Crippen molar-refractivity contribution >= 4 is 54.2 Å². The summed E-state index contributed by atoms with van der Waals surface area (Å²) in [5.41, 5.74) is 13.8. The van der Waals surface area contributed by atoms with Crippen LogP contribution >= 0.6 is 0 Å². The maximum atomic E-state index is 12.8. The van der Waals surface area contributed by atoms with Crippen LogP contribution in [0.4, 0.5) is 22.7 Å². The Morgan fingerprint density at radius 3 is 1.74 bits per heavy atom. The summed E-state index contributed by atoms with van der Waals surface area (Å²) in [5, 5.41) is 20.1. The van der Waals surface area contributed by atoms with Gasteiger partial charge in [0.1, 0.15) is 17.6 Å². The summed E-state index contributed by atoms with van der Waals surface area (Å²) >= 11 is 0. The molecule has 2 unspecified atom stereocenters. The van der Waals surface area contributed by atoms with Gasteiger partial charge in [-0.1, -0.05) is 22.4 Å². The third-order valence-corrected chi connectivity index (χ3v) is 13.6. The first-order valence-corrected chi connectivity index (χ1v) is 21.7. The van der Waals surface area contributed by atoms with Gasteiger partial charge in [0.15, 0.2) is 19.7 Å². The van der Waals surface area contributed by atoms with Crippen LogP contribution in [0.1, 0.15) is 61.4 Å². The van der Waals surface area contributed by atoms with Crippen molar-refractivity contribution in [3.05, 3.63) is 59.3 Å². The van der Waals surface area contributed by atoms with E-state index < -0.39 is 25.7 Å². The van der Waals surface area contributed by atoms with Crippen LogP contribution in [0.5, 0.6) is 0 Å². The number of sulfone groups is 2. The van der Waals surface area contributed by atoms with E-state index in [0.29, 0.717) is 48.5 Å². The lowest BCUT2D eigenvalue weighted by atomic mass is 10.0. The molecule has 2 aromatic heterocycles. The van der Waals surface area contributed by atoms with Crippen LogP contribution in [0.25, 0.3) is 22.3 Å². The standard InChI is InChI=1S/C21H26N4O5S.C16H21N3O3S/c1-12-20(13(2)30-25-12)14-5-6-16(22-15-4-3-9-31(28,29)11-15)18(10-14)24-21(27)17-7-8-19(26)23-17;1-10-16(11(2)22-19-10)12-5-6-15(14(17)8-12)18-13-4-3-7-23(20,21)9-13/h5-6,10,15,17,22H,3-4,7-9,11H2,1-2H3,(H,23,26)(H,24,27);5-6,8,13,18H,3-4,7,9,17H2,1-2H3/t15?,17-;/m0./s1. The number of carbonyl (C=O) groups excluding carboxylic acids is 2. The first-order chi connectivity index (χ1) is 25.6. The molecular formula is C37H47N7O8S2. The second-order valence-electron chi connectivity index (χ2n) is 14.3. The van der Waals surface area contributed by atoms with Gasteiger partial charge >= 0.3 is 0 Å². The highest BCUT2D eigenvalue weighted by Gasteiger charge is 2.30. The fourth-order valence-electron chi connectivity index (χ4n) is 7.31. The van der Waals surface area contributed by atoms with Gasteiger partial charge in [-0.2, -0.15) is 0 Å². The van der Waals surface area contributed by atoms with Crippen molar-refractivity contribution in [3.8, 4) is 22.3 Å². The average molecular weight is 782 g/mol. The quantitative estimate of drug-likeness (QED) is 0.153. The topological polar surface area (TPSA) is 229 Å². The van der Waals surface area contributed by atoms with E-state index in [0.717, 1.165) is 57.9 Å².